The van der Waals surface area contributed by atoms with Crippen molar-refractivity contribution in [1.82, 2.24) is 0 Å². The summed E-state index contributed by atoms with van der Waals surface area (Å²) in [4.78, 5) is 0. The molecule has 0 bridgehead atoms. The van der Waals surface area contributed by atoms with Crippen molar-refractivity contribution in [2.75, 3.05) is 0 Å². The SMILES string of the molecule is CCCCCCC1(CCCCCC)c2ccccc2-c2ccc(O)cc21. The van der Waals surface area contributed by atoms with E-state index < -0.39 is 0 Å². The Morgan fingerprint density at radius 3 is 1.96 bits per heavy atom. The van der Waals surface area contributed by atoms with E-state index in [1.807, 2.05) is 6.07 Å². The Labute approximate surface area is 159 Å². The number of benzene rings is 2. The van der Waals surface area contributed by atoms with Crippen molar-refractivity contribution in [2.45, 2.75) is 83.5 Å². The van der Waals surface area contributed by atoms with Gasteiger partial charge in [-0.15, -0.1) is 0 Å². The first-order chi connectivity index (χ1) is 12.7. The molecule has 2 aromatic rings. The van der Waals surface area contributed by atoms with E-state index in [1.165, 1.54) is 86.5 Å². The molecule has 0 atom stereocenters. The van der Waals surface area contributed by atoms with Gasteiger partial charge < -0.3 is 5.11 Å². The predicted octanol–water partition coefficient (Wildman–Crippen LogP) is 7.60. The van der Waals surface area contributed by atoms with Crippen LogP contribution in [0.1, 0.15) is 89.2 Å². The molecule has 1 nitrogen and oxygen atoms in total. The van der Waals surface area contributed by atoms with E-state index in [9.17, 15) is 5.11 Å². The van der Waals surface area contributed by atoms with E-state index in [1.54, 1.807) is 0 Å². The van der Waals surface area contributed by atoms with Crippen LogP contribution in [0, 0.1) is 0 Å². The van der Waals surface area contributed by atoms with Crippen LogP contribution in [0.25, 0.3) is 11.1 Å². The molecular weight excluding hydrogens is 316 g/mol. The number of hydrogen-bond acceptors (Lipinski definition) is 1. The van der Waals surface area contributed by atoms with Crippen LogP contribution in [0.4, 0.5) is 0 Å². The Balaban J connectivity index is 1.98. The van der Waals surface area contributed by atoms with Crippen molar-refractivity contribution in [3.05, 3.63) is 53.6 Å². The molecule has 0 aliphatic heterocycles. The molecule has 0 saturated carbocycles. The van der Waals surface area contributed by atoms with E-state index >= 15 is 0 Å². The molecule has 0 spiro atoms. The second-order valence-corrected chi connectivity index (χ2v) is 7.98. The van der Waals surface area contributed by atoms with E-state index in [0.717, 1.165) is 0 Å². The van der Waals surface area contributed by atoms with Gasteiger partial charge in [-0.2, -0.15) is 0 Å². The summed E-state index contributed by atoms with van der Waals surface area (Å²) in [6, 6.07) is 15.0. The highest BCUT2D eigenvalue weighted by Gasteiger charge is 2.42. The van der Waals surface area contributed by atoms with Crippen LogP contribution < -0.4 is 0 Å². The summed E-state index contributed by atoms with van der Waals surface area (Å²) in [5.74, 6) is 0.406. The third kappa shape index (κ3) is 3.68. The standard InChI is InChI=1S/C25H34O/c1-3-5-7-11-17-25(18-12-8-6-4-2)23-14-10-9-13-21(23)22-16-15-20(26)19-24(22)25/h9-10,13-16,19,26H,3-8,11-12,17-18H2,1-2H3. The van der Waals surface area contributed by atoms with Gasteiger partial charge in [0.25, 0.3) is 0 Å². The van der Waals surface area contributed by atoms with Gasteiger partial charge in [-0.1, -0.05) is 95.5 Å². The van der Waals surface area contributed by atoms with Gasteiger partial charge in [0.2, 0.25) is 0 Å². The third-order valence-electron chi connectivity index (χ3n) is 6.17. The molecule has 0 aromatic heterocycles. The zero-order valence-electron chi connectivity index (χ0n) is 16.6. The Hall–Kier alpha value is -1.76. The first-order valence-electron chi connectivity index (χ1n) is 10.7. The lowest BCUT2D eigenvalue weighted by molar-refractivity contribution is 0.398. The zero-order chi connectivity index (χ0) is 18.4. The molecule has 0 amide bonds. The van der Waals surface area contributed by atoms with Gasteiger partial charge >= 0.3 is 0 Å². The van der Waals surface area contributed by atoms with Gasteiger partial charge in [0.15, 0.2) is 0 Å². The minimum absolute atomic E-state index is 0.0894. The molecule has 0 radical (unpaired) electrons. The first kappa shape index (κ1) is 19.0. The minimum atomic E-state index is 0.0894. The summed E-state index contributed by atoms with van der Waals surface area (Å²) in [6.45, 7) is 4.55. The lowest BCUT2D eigenvalue weighted by Crippen LogP contribution is -2.25. The van der Waals surface area contributed by atoms with Crippen LogP contribution in [0.5, 0.6) is 5.75 Å². The van der Waals surface area contributed by atoms with Crippen LogP contribution in [-0.4, -0.2) is 5.11 Å². The van der Waals surface area contributed by atoms with Crippen molar-refractivity contribution in [2.24, 2.45) is 0 Å². The minimum Gasteiger partial charge on any atom is -0.508 e. The summed E-state index contributed by atoms with van der Waals surface area (Å²) < 4.78 is 0. The quantitative estimate of drug-likeness (QED) is 0.437. The highest BCUT2D eigenvalue weighted by Crippen LogP contribution is 2.54. The van der Waals surface area contributed by atoms with Crippen LogP contribution in [0.3, 0.4) is 0 Å². The fourth-order valence-corrected chi connectivity index (χ4v) is 4.81. The average Bonchev–Trinajstić information content (AvgIpc) is 2.92. The lowest BCUT2D eigenvalue weighted by atomic mass is 9.70. The summed E-state index contributed by atoms with van der Waals surface area (Å²) in [6.07, 6.45) is 12.7. The van der Waals surface area contributed by atoms with Crippen molar-refractivity contribution >= 4 is 0 Å². The Morgan fingerprint density at radius 1 is 0.692 bits per heavy atom. The molecule has 0 unspecified atom stereocenters. The Bertz CT molecular complexity index is 704. The van der Waals surface area contributed by atoms with Crippen molar-refractivity contribution in [3.8, 4) is 16.9 Å². The largest absolute Gasteiger partial charge is 0.508 e. The number of rotatable bonds is 10. The van der Waals surface area contributed by atoms with Crippen LogP contribution >= 0.6 is 0 Å². The normalized spacial score (nSPS) is 14.2. The molecule has 0 fully saturated rings. The fourth-order valence-electron chi connectivity index (χ4n) is 4.81. The molecule has 140 valence electrons. The van der Waals surface area contributed by atoms with Crippen molar-refractivity contribution in [3.63, 3.8) is 0 Å². The first-order valence-corrected chi connectivity index (χ1v) is 10.7. The molecule has 3 rings (SSSR count). The van der Waals surface area contributed by atoms with Crippen molar-refractivity contribution in [1.29, 1.82) is 0 Å². The van der Waals surface area contributed by atoms with Gasteiger partial charge in [0, 0.05) is 5.41 Å². The highest BCUT2D eigenvalue weighted by atomic mass is 16.3. The number of fused-ring (bicyclic) bond motifs is 3. The highest BCUT2D eigenvalue weighted by molar-refractivity contribution is 5.81. The number of phenols is 1. The third-order valence-corrected chi connectivity index (χ3v) is 6.17. The summed E-state index contributed by atoms with van der Waals surface area (Å²) in [5, 5.41) is 10.2. The maximum Gasteiger partial charge on any atom is 0.115 e. The van der Waals surface area contributed by atoms with Crippen LogP contribution in [-0.2, 0) is 5.41 Å². The number of hydrogen-bond donors (Lipinski definition) is 1. The van der Waals surface area contributed by atoms with Crippen LogP contribution in [0.2, 0.25) is 0 Å². The molecule has 1 heteroatoms. The van der Waals surface area contributed by atoms with Gasteiger partial charge in [-0.05, 0) is 47.2 Å². The number of aromatic hydroxyl groups is 1. The molecule has 26 heavy (non-hydrogen) atoms. The Kier molecular flexibility index (Phi) is 6.40. The van der Waals surface area contributed by atoms with Gasteiger partial charge in [0.05, 0.1) is 0 Å². The molecule has 0 heterocycles. The summed E-state index contributed by atoms with van der Waals surface area (Å²) in [7, 11) is 0. The van der Waals surface area contributed by atoms with E-state index in [4.69, 9.17) is 0 Å². The summed E-state index contributed by atoms with van der Waals surface area (Å²) in [5.41, 5.74) is 5.67. The van der Waals surface area contributed by atoms with Gasteiger partial charge in [-0.25, -0.2) is 0 Å². The predicted molar refractivity (Wildman–Crippen MR) is 112 cm³/mol. The van der Waals surface area contributed by atoms with Gasteiger partial charge in [0.1, 0.15) is 5.75 Å². The summed E-state index contributed by atoms with van der Waals surface area (Å²) >= 11 is 0. The second-order valence-electron chi connectivity index (χ2n) is 7.98. The molecular formula is C25H34O. The lowest BCUT2D eigenvalue weighted by Gasteiger charge is -2.33. The smallest absolute Gasteiger partial charge is 0.115 e. The average molecular weight is 351 g/mol. The van der Waals surface area contributed by atoms with E-state index in [-0.39, 0.29) is 5.41 Å². The van der Waals surface area contributed by atoms with E-state index in [0.29, 0.717) is 5.75 Å². The van der Waals surface area contributed by atoms with E-state index in [2.05, 4.69) is 50.2 Å². The maximum atomic E-state index is 10.2. The van der Waals surface area contributed by atoms with Crippen molar-refractivity contribution < 1.29 is 5.11 Å². The zero-order valence-corrected chi connectivity index (χ0v) is 16.6. The number of unbranched alkanes of at least 4 members (excludes halogenated alkanes) is 6. The number of phenolic OH excluding ortho intramolecular Hbond substituents is 1. The maximum absolute atomic E-state index is 10.2. The molecule has 2 aromatic carbocycles. The molecule has 1 N–H and O–H groups in total. The Morgan fingerprint density at radius 2 is 1.31 bits per heavy atom. The molecule has 0 saturated heterocycles. The monoisotopic (exact) mass is 350 g/mol. The molecule has 1 aliphatic carbocycles. The van der Waals surface area contributed by atoms with Gasteiger partial charge in [-0.3, -0.25) is 0 Å². The topological polar surface area (TPSA) is 20.2 Å². The molecule has 1 aliphatic rings. The fraction of sp³-hybridized carbons (Fsp3) is 0.520. The van der Waals surface area contributed by atoms with Crippen LogP contribution in [0.15, 0.2) is 42.5 Å². The second kappa shape index (κ2) is 8.75.